The first-order valence-corrected chi connectivity index (χ1v) is 7.58. The maximum atomic E-state index is 6.17. The van der Waals surface area contributed by atoms with Crippen LogP contribution in [0.2, 0.25) is 0 Å². The lowest BCUT2D eigenvalue weighted by Crippen LogP contribution is -2.08. The molecule has 0 spiro atoms. The Hall–Kier alpha value is -1.76. The number of aryl methyl sites for hydroxylation is 1. The highest BCUT2D eigenvalue weighted by Gasteiger charge is 2.12. The molecule has 2 aromatic carbocycles. The van der Waals surface area contributed by atoms with Crippen molar-refractivity contribution in [1.82, 2.24) is 0 Å². The van der Waals surface area contributed by atoms with Gasteiger partial charge in [-0.25, -0.2) is 0 Å². The molecule has 0 amide bonds. The van der Waals surface area contributed by atoms with Gasteiger partial charge in [0.15, 0.2) is 0 Å². The molecule has 2 rings (SSSR count). The van der Waals surface area contributed by atoms with Gasteiger partial charge in [-0.3, -0.25) is 0 Å². The van der Waals surface area contributed by atoms with Crippen LogP contribution in [0.3, 0.4) is 0 Å². The highest BCUT2D eigenvalue weighted by Crippen LogP contribution is 2.27. The van der Waals surface area contributed by atoms with Crippen LogP contribution in [0.5, 0.6) is 5.75 Å². The van der Waals surface area contributed by atoms with E-state index in [4.69, 9.17) is 4.74 Å². The number of rotatable bonds is 5. The Balaban J connectivity index is 0.000000956. The molecule has 0 aliphatic carbocycles. The Morgan fingerprint density at radius 3 is 2.10 bits per heavy atom. The second-order valence-corrected chi connectivity index (χ2v) is 4.57. The first-order valence-electron chi connectivity index (χ1n) is 7.58. The van der Waals surface area contributed by atoms with E-state index in [9.17, 15) is 0 Å². The molecule has 0 bridgehead atoms. The Kier molecular flexibility index (Phi) is 7.49. The van der Waals surface area contributed by atoms with E-state index in [1.807, 2.05) is 38.1 Å². The molecular formula is C19H26O. The van der Waals surface area contributed by atoms with Crippen molar-refractivity contribution in [3.8, 4) is 5.75 Å². The molecule has 2 aromatic rings. The fraction of sp³-hybridized carbons (Fsp3) is 0.368. The fourth-order valence-electron chi connectivity index (χ4n) is 2.07. The zero-order chi connectivity index (χ0) is 14.8. The normalized spacial score (nSPS) is 11.2. The van der Waals surface area contributed by atoms with Gasteiger partial charge >= 0.3 is 0 Å². The summed E-state index contributed by atoms with van der Waals surface area (Å²) in [6.45, 7) is 8.28. The minimum Gasteiger partial charge on any atom is -0.485 e. The predicted molar refractivity (Wildman–Crippen MR) is 87.2 cm³/mol. The van der Waals surface area contributed by atoms with Crippen LogP contribution in [-0.2, 0) is 0 Å². The minimum atomic E-state index is 0.150. The minimum absolute atomic E-state index is 0.150. The quantitative estimate of drug-likeness (QED) is 0.653. The van der Waals surface area contributed by atoms with Crippen molar-refractivity contribution in [2.45, 2.75) is 46.6 Å². The molecule has 0 aliphatic rings. The largest absolute Gasteiger partial charge is 0.485 e. The van der Waals surface area contributed by atoms with Crippen molar-refractivity contribution in [3.05, 3.63) is 65.7 Å². The van der Waals surface area contributed by atoms with Gasteiger partial charge in [0, 0.05) is 0 Å². The summed E-state index contributed by atoms with van der Waals surface area (Å²) in [5.41, 5.74) is 2.44. The van der Waals surface area contributed by atoms with Crippen LogP contribution in [0.4, 0.5) is 0 Å². The maximum Gasteiger partial charge on any atom is 0.124 e. The van der Waals surface area contributed by atoms with E-state index in [-0.39, 0.29) is 6.10 Å². The van der Waals surface area contributed by atoms with E-state index in [0.29, 0.717) is 0 Å². The molecular weight excluding hydrogens is 244 g/mol. The second kappa shape index (κ2) is 9.19. The molecule has 0 saturated carbocycles. The van der Waals surface area contributed by atoms with Crippen molar-refractivity contribution in [2.24, 2.45) is 0 Å². The van der Waals surface area contributed by atoms with Gasteiger partial charge < -0.3 is 4.74 Å². The molecule has 0 N–H and O–H groups in total. The van der Waals surface area contributed by atoms with Crippen LogP contribution in [0.1, 0.15) is 50.8 Å². The molecule has 0 heterocycles. The van der Waals surface area contributed by atoms with Crippen molar-refractivity contribution in [3.63, 3.8) is 0 Å². The average Bonchev–Trinajstić information content (AvgIpc) is 2.52. The third-order valence-corrected chi connectivity index (χ3v) is 3.09. The summed E-state index contributed by atoms with van der Waals surface area (Å²) in [6.07, 6.45) is 2.31. The second-order valence-electron chi connectivity index (χ2n) is 4.57. The van der Waals surface area contributed by atoms with E-state index in [0.717, 1.165) is 18.6 Å². The molecule has 0 fully saturated rings. The van der Waals surface area contributed by atoms with Gasteiger partial charge in [0.2, 0.25) is 0 Å². The third-order valence-electron chi connectivity index (χ3n) is 3.09. The van der Waals surface area contributed by atoms with Crippen LogP contribution >= 0.6 is 0 Å². The Labute approximate surface area is 123 Å². The number of benzene rings is 2. The molecule has 108 valence electrons. The van der Waals surface area contributed by atoms with Crippen LogP contribution in [-0.4, -0.2) is 0 Å². The molecule has 1 heteroatoms. The first kappa shape index (κ1) is 16.3. The van der Waals surface area contributed by atoms with Gasteiger partial charge in [0.1, 0.15) is 11.9 Å². The molecule has 1 nitrogen and oxygen atoms in total. The number of para-hydroxylation sites is 1. The summed E-state index contributed by atoms with van der Waals surface area (Å²) in [7, 11) is 0. The van der Waals surface area contributed by atoms with Crippen molar-refractivity contribution < 1.29 is 4.74 Å². The van der Waals surface area contributed by atoms with E-state index >= 15 is 0 Å². The summed E-state index contributed by atoms with van der Waals surface area (Å²) in [5, 5.41) is 0. The fourth-order valence-corrected chi connectivity index (χ4v) is 2.07. The van der Waals surface area contributed by atoms with E-state index in [1.54, 1.807) is 0 Å². The third kappa shape index (κ3) is 4.73. The average molecular weight is 270 g/mol. The Bertz CT molecular complexity index is 476. The van der Waals surface area contributed by atoms with Crippen molar-refractivity contribution in [2.75, 3.05) is 0 Å². The molecule has 0 aliphatic heterocycles. The van der Waals surface area contributed by atoms with Gasteiger partial charge in [-0.15, -0.1) is 0 Å². The van der Waals surface area contributed by atoms with Gasteiger partial charge in [-0.2, -0.15) is 0 Å². The lowest BCUT2D eigenvalue weighted by Gasteiger charge is -2.20. The molecule has 1 unspecified atom stereocenters. The summed E-state index contributed by atoms with van der Waals surface area (Å²) in [6, 6.07) is 18.6. The SMILES string of the molecule is CC.CCCC(Oc1ccccc1C)c1ccccc1. The lowest BCUT2D eigenvalue weighted by atomic mass is 10.1. The summed E-state index contributed by atoms with van der Waals surface area (Å²) < 4.78 is 6.17. The molecule has 0 radical (unpaired) electrons. The predicted octanol–water partition coefficient (Wildman–Crippen LogP) is 5.94. The number of hydrogen-bond donors (Lipinski definition) is 0. The van der Waals surface area contributed by atoms with Gasteiger partial charge in [-0.05, 0) is 30.5 Å². The molecule has 0 aromatic heterocycles. The van der Waals surface area contributed by atoms with Gasteiger partial charge in [0.05, 0.1) is 0 Å². The standard InChI is InChI=1S/C17H20O.C2H6/c1-3-9-17(15-11-5-4-6-12-15)18-16-13-8-7-10-14(16)2;1-2/h4-8,10-13,17H,3,9H2,1-2H3;1-2H3. The highest BCUT2D eigenvalue weighted by atomic mass is 16.5. The molecule has 20 heavy (non-hydrogen) atoms. The smallest absolute Gasteiger partial charge is 0.124 e. The monoisotopic (exact) mass is 270 g/mol. The van der Waals surface area contributed by atoms with Gasteiger partial charge in [0.25, 0.3) is 0 Å². The summed E-state index contributed by atoms with van der Waals surface area (Å²) in [4.78, 5) is 0. The van der Waals surface area contributed by atoms with E-state index in [2.05, 4.69) is 44.2 Å². The van der Waals surface area contributed by atoms with E-state index in [1.165, 1.54) is 11.1 Å². The number of hydrogen-bond acceptors (Lipinski definition) is 1. The maximum absolute atomic E-state index is 6.17. The summed E-state index contributed by atoms with van der Waals surface area (Å²) >= 11 is 0. The van der Waals surface area contributed by atoms with E-state index < -0.39 is 0 Å². The highest BCUT2D eigenvalue weighted by molar-refractivity contribution is 5.32. The van der Waals surface area contributed by atoms with Crippen LogP contribution in [0.25, 0.3) is 0 Å². The topological polar surface area (TPSA) is 9.23 Å². The lowest BCUT2D eigenvalue weighted by molar-refractivity contribution is 0.192. The van der Waals surface area contributed by atoms with Crippen molar-refractivity contribution >= 4 is 0 Å². The van der Waals surface area contributed by atoms with Crippen LogP contribution < -0.4 is 4.74 Å². The Morgan fingerprint density at radius 2 is 1.50 bits per heavy atom. The van der Waals surface area contributed by atoms with Crippen LogP contribution in [0.15, 0.2) is 54.6 Å². The Morgan fingerprint density at radius 1 is 0.900 bits per heavy atom. The van der Waals surface area contributed by atoms with Gasteiger partial charge in [-0.1, -0.05) is 75.7 Å². The van der Waals surface area contributed by atoms with Crippen molar-refractivity contribution in [1.29, 1.82) is 0 Å². The first-order chi connectivity index (χ1) is 9.81. The number of ether oxygens (including phenoxy) is 1. The zero-order valence-electron chi connectivity index (χ0n) is 13.1. The zero-order valence-corrected chi connectivity index (χ0v) is 13.1. The molecule has 1 atom stereocenters. The van der Waals surface area contributed by atoms with Crippen LogP contribution in [0, 0.1) is 6.92 Å². The summed E-state index contributed by atoms with van der Waals surface area (Å²) in [5.74, 6) is 0.986. The molecule has 0 saturated heterocycles.